The summed E-state index contributed by atoms with van der Waals surface area (Å²) >= 11 is 0. The summed E-state index contributed by atoms with van der Waals surface area (Å²) in [5.74, 6) is -3.24. The number of esters is 2. The largest absolute Gasteiger partial charge is 0.459 e. The minimum absolute atomic E-state index is 0.0644. The van der Waals surface area contributed by atoms with Gasteiger partial charge in [0.05, 0.1) is 5.39 Å². The van der Waals surface area contributed by atoms with Crippen molar-refractivity contribution in [3.05, 3.63) is 34.4 Å². The molecule has 2 aromatic rings. The summed E-state index contributed by atoms with van der Waals surface area (Å²) in [7, 11) is 0. The molecule has 1 aromatic heterocycles. The Labute approximate surface area is 168 Å². The van der Waals surface area contributed by atoms with Crippen molar-refractivity contribution >= 4 is 22.8 Å². The highest BCUT2D eigenvalue weighted by molar-refractivity contribution is 5.95. The quantitative estimate of drug-likeness (QED) is 0.555. The van der Waals surface area contributed by atoms with Gasteiger partial charge in [0.15, 0.2) is 5.92 Å². The Bertz CT molecular complexity index is 945. The maximum Gasteiger partial charge on any atom is 0.320 e. The number of carbonyl (C=O) groups is 2. The number of fused-ring (bicyclic) bond motifs is 1. The maximum atomic E-state index is 13.3. The number of carbonyl (C=O) groups excluding carboxylic acids is 2. The highest BCUT2D eigenvalue weighted by Crippen LogP contribution is 2.19. The molecular weight excluding hydrogens is 381 g/mol. The molecule has 0 bridgehead atoms. The topological polar surface area (TPSA) is 100 Å². The van der Waals surface area contributed by atoms with Gasteiger partial charge in [-0.05, 0) is 60.1 Å². The van der Waals surface area contributed by atoms with Crippen LogP contribution in [-0.4, -0.2) is 38.1 Å². The fourth-order valence-electron chi connectivity index (χ4n) is 2.53. The average molecular weight is 407 g/mol. The zero-order valence-corrected chi connectivity index (χ0v) is 17.5. The molecule has 0 fully saturated rings. The molecule has 0 unspecified atom stereocenters. The molecule has 0 radical (unpaired) electrons. The molecule has 29 heavy (non-hydrogen) atoms. The smallest absolute Gasteiger partial charge is 0.320 e. The lowest BCUT2D eigenvalue weighted by molar-refractivity contribution is -0.174. The first-order valence-corrected chi connectivity index (χ1v) is 9.25. The fraction of sp³-hybridized carbons (Fsp3) is 0.550. The molecule has 9 heteroatoms. The van der Waals surface area contributed by atoms with Crippen molar-refractivity contribution in [1.82, 2.24) is 15.0 Å². The molecule has 0 aliphatic heterocycles. The minimum Gasteiger partial charge on any atom is -0.459 e. The molecule has 158 valence electrons. The number of ether oxygens (including phenoxy) is 2. The number of hydrogen-bond acceptors (Lipinski definition) is 7. The first kappa shape index (κ1) is 22.4. The summed E-state index contributed by atoms with van der Waals surface area (Å²) in [5.41, 5.74) is -1.95. The molecule has 8 nitrogen and oxygen atoms in total. The van der Waals surface area contributed by atoms with Crippen molar-refractivity contribution in [2.75, 3.05) is 0 Å². The zero-order chi connectivity index (χ0) is 22.0. The lowest BCUT2D eigenvalue weighted by Crippen LogP contribution is -2.38. The maximum absolute atomic E-state index is 13.3. The Kier molecular flexibility index (Phi) is 6.40. The van der Waals surface area contributed by atoms with Gasteiger partial charge in [-0.15, -0.1) is 5.10 Å². The predicted octanol–water partition coefficient (Wildman–Crippen LogP) is 2.62. The van der Waals surface area contributed by atoms with E-state index in [0.717, 1.165) is 16.8 Å². The Balaban J connectivity index is 2.27. The average Bonchev–Trinajstić information content (AvgIpc) is 2.53. The SMILES string of the molecule is CC(C)(C)OC(=O)C(CCn1nnc2cc(F)ccc2c1=O)C(=O)OC(C)(C)C. The summed E-state index contributed by atoms with van der Waals surface area (Å²) in [6, 6.07) is 3.58. The van der Waals surface area contributed by atoms with E-state index in [0.29, 0.717) is 0 Å². The van der Waals surface area contributed by atoms with Gasteiger partial charge in [0.1, 0.15) is 22.5 Å². The Hall–Kier alpha value is -2.84. The Morgan fingerprint density at radius 1 is 1.07 bits per heavy atom. The van der Waals surface area contributed by atoms with Crippen molar-refractivity contribution < 1.29 is 23.5 Å². The first-order valence-electron chi connectivity index (χ1n) is 9.25. The van der Waals surface area contributed by atoms with E-state index in [2.05, 4.69) is 10.3 Å². The van der Waals surface area contributed by atoms with E-state index >= 15 is 0 Å². The van der Waals surface area contributed by atoms with Crippen molar-refractivity contribution in [3.63, 3.8) is 0 Å². The van der Waals surface area contributed by atoms with Crippen LogP contribution in [0.15, 0.2) is 23.0 Å². The lowest BCUT2D eigenvalue weighted by atomic mass is 10.0. The number of halogens is 1. The van der Waals surface area contributed by atoms with Crippen LogP contribution < -0.4 is 5.56 Å². The second kappa shape index (κ2) is 8.26. The molecule has 0 aliphatic carbocycles. The van der Waals surface area contributed by atoms with Crippen LogP contribution in [0.3, 0.4) is 0 Å². The molecule has 1 aromatic carbocycles. The van der Waals surface area contributed by atoms with Crippen LogP contribution >= 0.6 is 0 Å². The number of rotatable bonds is 5. The van der Waals surface area contributed by atoms with Crippen molar-refractivity contribution in [2.24, 2.45) is 5.92 Å². The molecule has 0 spiro atoms. The number of aromatic nitrogens is 3. The van der Waals surface area contributed by atoms with Crippen molar-refractivity contribution in [1.29, 1.82) is 0 Å². The molecule has 0 atom stereocenters. The monoisotopic (exact) mass is 407 g/mol. The molecule has 0 N–H and O–H groups in total. The van der Waals surface area contributed by atoms with Gasteiger partial charge in [0, 0.05) is 12.6 Å². The third-order valence-electron chi connectivity index (χ3n) is 3.70. The van der Waals surface area contributed by atoms with Gasteiger partial charge < -0.3 is 9.47 Å². The van der Waals surface area contributed by atoms with E-state index in [-0.39, 0.29) is 23.9 Å². The fourth-order valence-corrected chi connectivity index (χ4v) is 2.53. The first-order chi connectivity index (χ1) is 13.3. The van der Waals surface area contributed by atoms with Crippen LogP contribution in [-0.2, 0) is 25.6 Å². The van der Waals surface area contributed by atoms with Gasteiger partial charge in [-0.25, -0.2) is 9.07 Å². The van der Waals surface area contributed by atoms with Gasteiger partial charge in [-0.2, -0.15) is 0 Å². The Morgan fingerprint density at radius 2 is 1.62 bits per heavy atom. The van der Waals surface area contributed by atoms with Crippen LogP contribution in [0.2, 0.25) is 0 Å². The van der Waals surface area contributed by atoms with E-state index in [4.69, 9.17) is 9.47 Å². The van der Waals surface area contributed by atoms with Crippen molar-refractivity contribution in [2.45, 2.75) is 65.7 Å². The van der Waals surface area contributed by atoms with Gasteiger partial charge in [0.2, 0.25) is 0 Å². The van der Waals surface area contributed by atoms with Crippen LogP contribution in [0.25, 0.3) is 10.9 Å². The summed E-state index contributed by atoms with van der Waals surface area (Å²) in [6.07, 6.45) is -0.0644. The highest BCUT2D eigenvalue weighted by Gasteiger charge is 2.34. The molecular formula is C20H26FN3O5. The second-order valence-corrected chi connectivity index (χ2v) is 8.69. The number of hydrogen-bond donors (Lipinski definition) is 0. The summed E-state index contributed by atoms with van der Waals surface area (Å²) < 4.78 is 25.0. The standard InChI is InChI=1S/C20H26FN3O5/c1-19(2,3)28-17(26)14(18(27)29-20(4,5)6)9-10-24-16(25)13-8-7-12(21)11-15(13)22-23-24/h7-8,11,14H,9-10H2,1-6H3. The van der Waals surface area contributed by atoms with Gasteiger partial charge in [-0.1, -0.05) is 5.21 Å². The van der Waals surface area contributed by atoms with Gasteiger partial charge >= 0.3 is 11.9 Å². The summed E-state index contributed by atoms with van der Waals surface area (Å²) in [5, 5.41) is 7.79. The van der Waals surface area contributed by atoms with E-state index in [9.17, 15) is 18.8 Å². The second-order valence-electron chi connectivity index (χ2n) is 8.69. The minimum atomic E-state index is -1.23. The third kappa shape index (κ3) is 6.33. The number of benzene rings is 1. The molecule has 1 heterocycles. The third-order valence-corrected chi connectivity index (χ3v) is 3.70. The molecule has 0 saturated carbocycles. The normalized spacial score (nSPS) is 12.3. The van der Waals surface area contributed by atoms with E-state index < -0.39 is 40.4 Å². The van der Waals surface area contributed by atoms with Crippen molar-refractivity contribution in [3.8, 4) is 0 Å². The molecule has 0 aliphatic rings. The summed E-state index contributed by atoms with van der Waals surface area (Å²) in [6.45, 7) is 10.1. The van der Waals surface area contributed by atoms with E-state index in [1.54, 1.807) is 41.5 Å². The molecule has 0 amide bonds. The highest BCUT2D eigenvalue weighted by atomic mass is 19.1. The zero-order valence-electron chi connectivity index (χ0n) is 17.5. The lowest BCUT2D eigenvalue weighted by Gasteiger charge is -2.26. The van der Waals surface area contributed by atoms with Gasteiger partial charge in [-0.3, -0.25) is 14.4 Å². The van der Waals surface area contributed by atoms with E-state index in [1.807, 2.05) is 0 Å². The van der Waals surface area contributed by atoms with Crippen LogP contribution in [0.4, 0.5) is 4.39 Å². The van der Waals surface area contributed by atoms with Crippen LogP contribution in [0, 0.1) is 11.7 Å². The molecule has 2 rings (SSSR count). The van der Waals surface area contributed by atoms with E-state index in [1.165, 1.54) is 6.07 Å². The summed E-state index contributed by atoms with van der Waals surface area (Å²) in [4.78, 5) is 37.7. The van der Waals surface area contributed by atoms with Crippen LogP contribution in [0.5, 0.6) is 0 Å². The van der Waals surface area contributed by atoms with Gasteiger partial charge in [0.25, 0.3) is 5.56 Å². The predicted molar refractivity (Wildman–Crippen MR) is 104 cm³/mol. The van der Waals surface area contributed by atoms with Crippen LogP contribution in [0.1, 0.15) is 48.0 Å². The molecule has 0 saturated heterocycles. The Morgan fingerprint density at radius 3 is 2.14 bits per heavy atom. The number of nitrogens with zero attached hydrogens (tertiary/aromatic N) is 3. The number of aryl methyl sites for hydroxylation is 1.